The minimum absolute atomic E-state index is 0.00330. The summed E-state index contributed by atoms with van der Waals surface area (Å²) in [6, 6.07) is 1.61. The molecule has 1 saturated heterocycles. The number of carbonyl (C=O) groups is 1. The topological polar surface area (TPSA) is 149 Å². The van der Waals surface area contributed by atoms with Crippen LogP contribution in [0.25, 0.3) is 0 Å². The maximum absolute atomic E-state index is 15.9. The van der Waals surface area contributed by atoms with Crippen molar-refractivity contribution in [2.75, 3.05) is 6.61 Å². The molecule has 3 N–H and O–H groups in total. The van der Waals surface area contributed by atoms with Crippen molar-refractivity contribution in [3.63, 3.8) is 0 Å². The summed E-state index contributed by atoms with van der Waals surface area (Å²) in [6.07, 6.45) is -6.80. The SMILES string of the molecule is [2H][C@@]1(n2cc(C=O)c(=O)[nH]c2=S)O[C@](F)(COP2(=O)OCc3c(F)c(C(C)(C)C)cc(C(C)(C)C)c3O2)[C@@H](O)[C@H]1O. The fraction of sp³-hybridized carbons (Fsp3) is 0.560. The van der Waals surface area contributed by atoms with Crippen LogP contribution in [0.3, 0.4) is 0 Å². The van der Waals surface area contributed by atoms with Gasteiger partial charge in [-0.1, -0.05) is 41.5 Å². The van der Waals surface area contributed by atoms with Crippen molar-refractivity contribution in [3.05, 3.63) is 55.5 Å². The lowest BCUT2D eigenvalue weighted by atomic mass is 9.78. The average Bonchev–Trinajstić information content (AvgIpc) is 3.02. The van der Waals surface area contributed by atoms with Gasteiger partial charge in [0.25, 0.3) is 11.4 Å². The van der Waals surface area contributed by atoms with E-state index < -0.39 is 77.8 Å². The number of benzene rings is 1. The van der Waals surface area contributed by atoms with Gasteiger partial charge < -0.3 is 19.5 Å². The van der Waals surface area contributed by atoms with E-state index in [-0.39, 0.29) is 17.6 Å². The van der Waals surface area contributed by atoms with Crippen LogP contribution >= 0.6 is 20.0 Å². The van der Waals surface area contributed by atoms with Crippen LogP contribution in [0.15, 0.2) is 17.1 Å². The molecule has 5 atom stereocenters. The van der Waals surface area contributed by atoms with Gasteiger partial charge in [-0.3, -0.25) is 28.2 Å². The second-order valence-electron chi connectivity index (χ2n) is 11.6. The Labute approximate surface area is 235 Å². The van der Waals surface area contributed by atoms with E-state index in [1.54, 1.807) is 6.07 Å². The lowest BCUT2D eigenvalue weighted by molar-refractivity contribution is -0.205. The van der Waals surface area contributed by atoms with Crippen molar-refractivity contribution in [1.82, 2.24) is 9.55 Å². The fourth-order valence-corrected chi connectivity index (χ4v) is 5.72. The van der Waals surface area contributed by atoms with Crippen LogP contribution in [0, 0.1) is 10.6 Å². The second kappa shape index (κ2) is 10.2. The summed E-state index contributed by atoms with van der Waals surface area (Å²) in [5.41, 5.74) is -1.74. The first-order valence-corrected chi connectivity index (χ1v) is 14.1. The number of aldehydes is 1. The number of halogens is 2. The predicted octanol–water partition coefficient (Wildman–Crippen LogP) is 4.10. The minimum atomic E-state index is -4.66. The van der Waals surface area contributed by atoms with Gasteiger partial charge in [-0.05, 0) is 34.7 Å². The van der Waals surface area contributed by atoms with Gasteiger partial charge in [0.2, 0.25) is 0 Å². The first-order valence-electron chi connectivity index (χ1n) is 12.7. The van der Waals surface area contributed by atoms with Crippen LogP contribution < -0.4 is 10.1 Å². The van der Waals surface area contributed by atoms with Gasteiger partial charge in [-0.2, -0.15) is 0 Å². The average molecular weight is 606 g/mol. The first-order chi connectivity index (χ1) is 18.7. The van der Waals surface area contributed by atoms with Gasteiger partial charge in [-0.15, -0.1) is 0 Å². The summed E-state index contributed by atoms with van der Waals surface area (Å²) < 4.78 is 74.4. The van der Waals surface area contributed by atoms with Crippen molar-refractivity contribution in [1.29, 1.82) is 0 Å². The quantitative estimate of drug-likeness (QED) is 0.258. The number of nitrogens with zero attached hydrogens (tertiary/aromatic N) is 1. The summed E-state index contributed by atoms with van der Waals surface area (Å²) in [6.45, 7) is 9.09. The minimum Gasteiger partial charge on any atom is -0.403 e. The number of aliphatic hydroxyl groups excluding tert-OH is 2. The molecular weight excluding hydrogens is 573 g/mol. The number of hydrogen-bond acceptors (Lipinski definition) is 10. The Balaban J connectivity index is 1.65. The van der Waals surface area contributed by atoms with Gasteiger partial charge in [0.05, 0.1) is 19.1 Å². The Morgan fingerprint density at radius 3 is 2.50 bits per heavy atom. The fourth-order valence-electron chi connectivity index (χ4n) is 4.25. The molecule has 1 unspecified atom stereocenters. The number of ether oxygens (including phenoxy) is 1. The highest BCUT2D eigenvalue weighted by Crippen LogP contribution is 2.58. The number of fused-ring (bicyclic) bond motifs is 1. The number of hydrogen-bond donors (Lipinski definition) is 3. The summed E-state index contributed by atoms with van der Waals surface area (Å²) in [5.74, 6) is -4.08. The van der Waals surface area contributed by atoms with Gasteiger partial charge >= 0.3 is 7.82 Å². The number of nitrogens with one attached hydrogen (secondary N) is 1. The van der Waals surface area contributed by atoms with Crippen LogP contribution in [0.5, 0.6) is 5.75 Å². The lowest BCUT2D eigenvalue weighted by Gasteiger charge is -2.34. The maximum atomic E-state index is 15.9. The molecule has 4 rings (SSSR count). The van der Waals surface area contributed by atoms with E-state index in [0.717, 1.165) is 6.20 Å². The maximum Gasteiger partial charge on any atom is 0.530 e. The number of alkyl halides is 1. The molecule has 1 fully saturated rings. The molecule has 0 aliphatic carbocycles. The molecule has 3 heterocycles. The Hall–Kier alpha value is -2.32. The van der Waals surface area contributed by atoms with Crippen molar-refractivity contribution in [3.8, 4) is 5.75 Å². The standard InChI is InChI=1S/C25H31F2N2O9PS/c1-23(2,3)14-7-15(24(4,5)6)18-13(16(14)26)10-35-39(34,38-18)36-11-25(27)19(32)17(31)21(37-25)29-8-12(9-30)20(33)28-22(29)40/h7-9,17,19,21,31-32H,10-11H2,1-6H3,(H,28,33,40)/t17-,19+,21-,25-,39?/m1/s1/i21D. The number of phosphoric ester groups is 1. The van der Waals surface area contributed by atoms with Gasteiger partial charge in [0.1, 0.15) is 30.4 Å². The molecule has 0 amide bonds. The largest absolute Gasteiger partial charge is 0.530 e. The molecule has 11 nitrogen and oxygen atoms in total. The number of aromatic nitrogens is 2. The van der Waals surface area contributed by atoms with E-state index in [4.69, 9.17) is 31.9 Å². The molecular formula is C25H31F2N2O9PS. The van der Waals surface area contributed by atoms with Crippen molar-refractivity contribution < 1.29 is 48.0 Å². The molecule has 1 aromatic carbocycles. The Kier molecular flexibility index (Phi) is 7.44. The molecule has 2 aromatic rings. The highest BCUT2D eigenvalue weighted by molar-refractivity contribution is 7.71. The number of aromatic amines is 1. The second-order valence-corrected chi connectivity index (χ2v) is 13.6. The highest BCUT2D eigenvalue weighted by atomic mass is 32.1. The normalized spacial score (nSPS) is 30.9. The van der Waals surface area contributed by atoms with Gasteiger partial charge in [0.15, 0.2) is 17.3 Å². The number of rotatable bonds is 5. The van der Waals surface area contributed by atoms with Crippen LogP contribution in [0.4, 0.5) is 8.78 Å². The molecule has 220 valence electrons. The highest BCUT2D eigenvalue weighted by Gasteiger charge is 2.57. The van der Waals surface area contributed by atoms with Gasteiger partial charge in [-0.25, -0.2) is 13.3 Å². The van der Waals surface area contributed by atoms with Crippen molar-refractivity contribution >= 4 is 26.3 Å². The van der Waals surface area contributed by atoms with Crippen LogP contribution in [0.1, 0.15) is 76.2 Å². The molecule has 0 bridgehead atoms. The van der Waals surface area contributed by atoms with Crippen LogP contribution in [0.2, 0.25) is 0 Å². The zero-order chi connectivity index (χ0) is 30.9. The first kappa shape index (κ1) is 29.2. The third-order valence-corrected chi connectivity index (χ3v) is 8.11. The molecule has 2 aliphatic rings. The molecule has 40 heavy (non-hydrogen) atoms. The van der Waals surface area contributed by atoms with Crippen molar-refractivity contribution in [2.45, 2.75) is 83.2 Å². The third kappa shape index (κ3) is 5.46. The number of carbonyl (C=O) groups excluding carboxylic acids is 1. The molecule has 15 heteroatoms. The zero-order valence-electron chi connectivity index (χ0n) is 23.6. The molecule has 0 saturated carbocycles. The number of aliphatic hydroxyl groups is 2. The summed E-state index contributed by atoms with van der Waals surface area (Å²) >= 11 is 4.96. The molecule has 2 aliphatic heterocycles. The smallest absolute Gasteiger partial charge is 0.403 e. The van der Waals surface area contributed by atoms with Crippen LogP contribution in [-0.2, 0) is 35.8 Å². The number of phosphoric acid groups is 1. The van der Waals surface area contributed by atoms with E-state index in [1.165, 1.54) is 0 Å². The Morgan fingerprint density at radius 2 is 1.93 bits per heavy atom. The van der Waals surface area contributed by atoms with Gasteiger partial charge in [0, 0.05) is 11.8 Å². The van der Waals surface area contributed by atoms with E-state index in [2.05, 4.69) is 4.98 Å². The number of H-pyrrole nitrogens is 1. The van der Waals surface area contributed by atoms with Crippen molar-refractivity contribution in [2.24, 2.45) is 0 Å². The summed E-state index contributed by atoms with van der Waals surface area (Å²) in [4.78, 5) is 25.1. The predicted molar refractivity (Wildman–Crippen MR) is 140 cm³/mol. The summed E-state index contributed by atoms with van der Waals surface area (Å²) in [5, 5.41) is 21.1. The van der Waals surface area contributed by atoms with Crippen LogP contribution in [-0.4, -0.2) is 50.7 Å². The molecule has 1 aromatic heterocycles. The van der Waals surface area contributed by atoms with E-state index >= 15 is 8.78 Å². The lowest BCUT2D eigenvalue weighted by Crippen LogP contribution is -2.43. The Bertz CT molecular complexity index is 1570. The van der Waals surface area contributed by atoms with E-state index in [9.17, 15) is 24.4 Å². The van der Waals surface area contributed by atoms with E-state index in [0.29, 0.717) is 15.7 Å². The monoisotopic (exact) mass is 605 g/mol. The molecule has 0 radical (unpaired) electrons. The van der Waals surface area contributed by atoms with E-state index in [1.807, 2.05) is 41.5 Å². The molecule has 0 spiro atoms. The zero-order valence-corrected chi connectivity index (χ0v) is 24.3. The third-order valence-electron chi connectivity index (χ3n) is 6.52. The Morgan fingerprint density at radius 1 is 1.30 bits per heavy atom. The summed E-state index contributed by atoms with van der Waals surface area (Å²) in [7, 11) is -4.66.